The van der Waals surface area contributed by atoms with Gasteiger partial charge in [0, 0.05) is 58.6 Å². The van der Waals surface area contributed by atoms with Gasteiger partial charge in [-0.2, -0.15) is 9.94 Å². The number of ketones is 1. The van der Waals surface area contributed by atoms with E-state index in [9.17, 15) is 19.6 Å². The second-order valence-corrected chi connectivity index (χ2v) is 15.0. The number of aromatic nitrogens is 5. The number of rotatable bonds is 23. The van der Waals surface area contributed by atoms with E-state index < -0.39 is 17.6 Å². The molecule has 61 heavy (non-hydrogen) atoms. The zero-order valence-corrected chi connectivity index (χ0v) is 36.6. The number of piperidine rings is 1. The highest BCUT2D eigenvalue weighted by Crippen LogP contribution is 2.32. The molecule has 0 radical (unpaired) electrons. The van der Waals surface area contributed by atoms with Crippen LogP contribution in [-0.2, 0) is 23.7 Å². The van der Waals surface area contributed by atoms with Crippen LogP contribution in [0.15, 0.2) is 54.6 Å². The summed E-state index contributed by atoms with van der Waals surface area (Å²) in [5.74, 6) is -1.23. The van der Waals surface area contributed by atoms with Crippen LogP contribution in [0.5, 0.6) is 5.75 Å². The molecule has 1 aromatic carbocycles. The molecule has 4 aromatic rings. The normalized spacial score (nSPS) is 14.9. The number of carbonyl (C=O) groups excluding carboxylic acids is 3. The third kappa shape index (κ3) is 12.6. The molecule has 2 saturated heterocycles. The van der Waals surface area contributed by atoms with Gasteiger partial charge in [-0.1, -0.05) is 52.9 Å². The zero-order chi connectivity index (χ0) is 42.8. The third-order valence-corrected chi connectivity index (χ3v) is 11.0. The van der Waals surface area contributed by atoms with E-state index in [1.807, 2.05) is 30.3 Å². The maximum atomic E-state index is 13.7. The number of pyridine rings is 1. The predicted molar refractivity (Wildman–Crippen MR) is 234 cm³/mol. The molecule has 0 bridgehead atoms. The van der Waals surface area contributed by atoms with Gasteiger partial charge in [0.25, 0.3) is 17.6 Å². The van der Waals surface area contributed by atoms with E-state index in [0.717, 1.165) is 56.8 Å². The van der Waals surface area contributed by atoms with Gasteiger partial charge in [-0.15, -0.1) is 5.10 Å². The first-order valence-corrected chi connectivity index (χ1v) is 22.0. The Morgan fingerprint density at radius 2 is 1.52 bits per heavy atom. The average molecular weight is 953 g/mol. The lowest BCUT2D eigenvalue weighted by atomic mass is 9.93. The number of nitrogens with one attached hydrogen (secondary N) is 2. The van der Waals surface area contributed by atoms with Gasteiger partial charge in [0.2, 0.25) is 5.82 Å². The topological polar surface area (TPSA) is 202 Å². The number of nitrogens with zero attached hydrogens (tertiary/aromatic N) is 8. The summed E-state index contributed by atoms with van der Waals surface area (Å²) in [5, 5.41) is 17.5. The Bertz CT molecular complexity index is 2120. The van der Waals surface area contributed by atoms with Crippen LogP contribution in [0, 0.1) is 11.3 Å². The van der Waals surface area contributed by atoms with E-state index in [2.05, 4.69) is 63.8 Å². The van der Waals surface area contributed by atoms with Gasteiger partial charge in [-0.25, -0.2) is 9.97 Å². The fourth-order valence-corrected chi connectivity index (χ4v) is 7.56. The van der Waals surface area contributed by atoms with Crippen molar-refractivity contribution in [3.8, 4) is 17.6 Å². The Morgan fingerprint density at radius 1 is 0.869 bits per heavy atom. The van der Waals surface area contributed by atoms with Crippen molar-refractivity contribution in [1.29, 1.82) is 5.26 Å². The number of H-pyrrole nitrogens is 1. The second-order valence-electron chi connectivity index (χ2n) is 14.3. The zero-order valence-electron chi connectivity index (χ0n) is 34.5. The number of nitriles is 1. The number of halogens is 1. The van der Waals surface area contributed by atoms with Crippen molar-refractivity contribution in [2.75, 3.05) is 117 Å². The van der Waals surface area contributed by atoms with Crippen molar-refractivity contribution < 1.29 is 38.1 Å². The Balaban J connectivity index is 0.923. The van der Waals surface area contributed by atoms with E-state index in [1.165, 1.54) is 35.4 Å². The molecule has 18 nitrogen and oxygen atoms in total. The van der Waals surface area contributed by atoms with E-state index in [1.54, 1.807) is 0 Å². The Kier molecular flexibility index (Phi) is 18.0. The van der Waals surface area contributed by atoms with Crippen LogP contribution >= 0.6 is 22.6 Å². The van der Waals surface area contributed by atoms with E-state index in [4.69, 9.17) is 23.7 Å². The first-order chi connectivity index (χ1) is 29.9. The summed E-state index contributed by atoms with van der Waals surface area (Å²) in [7, 11) is 1.46. The summed E-state index contributed by atoms with van der Waals surface area (Å²) < 4.78 is 29.5. The van der Waals surface area contributed by atoms with Crippen molar-refractivity contribution in [1.82, 2.24) is 44.7 Å². The monoisotopic (exact) mass is 952 g/mol. The number of ether oxygens (including phenoxy) is 5. The summed E-state index contributed by atoms with van der Waals surface area (Å²) in [5.41, 5.74) is 2.93. The standard InChI is InChI=1S/C42H53IN10O8/c1-57-35-28-47-40(37-36(35)34(27-46-37)38(54)42(56)52-12-8-32(9-13-52)33(26-44)31-6-3-2-4-7-31)53-30-48-39(49-53)41(55)45-10-5-11-50-14-16-51(17-15-50)18-19-58-20-21-59-22-23-60-24-25-61-29-43/h2-4,6-7,27-28,30,46H,5,8-25,29H2,1H3,(H,45,55). The lowest BCUT2D eigenvalue weighted by molar-refractivity contribution is -0.126. The fraction of sp³-hybridized carbons (Fsp3) is 0.500. The molecular formula is C42H53IN10O8. The van der Waals surface area contributed by atoms with Crippen LogP contribution in [0.4, 0.5) is 0 Å². The van der Waals surface area contributed by atoms with Gasteiger partial charge in [0.15, 0.2) is 5.82 Å². The smallest absolute Gasteiger partial charge is 0.295 e. The minimum atomic E-state index is -0.701. The Morgan fingerprint density at radius 3 is 2.18 bits per heavy atom. The van der Waals surface area contributed by atoms with Gasteiger partial charge in [0.1, 0.15) is 12.1 Å². The molecule has 2 aliphatic rings. The van der Waals surface area contributed by atoms with Crippen LogP contribution in [-0.4, -0.2) is 174 Å². The number of likely N-dealkylation sites (tertiary alicyclic amines) is 1. The lowest BCUT2D eigenvalue weighted by Gasteiger charge is -2.34. The molecule has 0 saturated carbocycles. The van der Waals surface area contributed by atoms with Crippen LogP contribution < -0.4 is 10.1 Å². The van der Waals surface area contributed by atoms with Crippen LogP contribution in [0.1, 0.15) is 45.8 Å². The molecule has 3 aromatic heterocycles. The number of methoxy groups -OCH3 is 1. The summed E-state index contributed by atoms with van der Waals surface area (Å²) >= 11 is 2.16. The maximum absolute atomic E-state index is 13.7. The number of aromatic amines is 1. The van der Waals surface area contributed by atoms with E-state index in [-0.39, 0.29) is 17.2 Å². The molecule has 0 unspecified atom stereocenters. The average Bonchev–Trinajstić information content (AvgIpc) is 3.98. The van der Waals surface area contributed by atoms with Crippen molar-refractivity contribution in [2.24, 2.45) is 0 Å². The molecule has 5 heterocycles. The lowest BCUT2D eigenvalue weighted by Crippen LogP contribution is -2.47. The summed E-state index contributed by atoms with van der Waals surface area (Å²) in [6.45, 7) is 10.7. The molecule has 0 spiro atoms. The van der Waals surface area contributed by atoms with Crippen molar-refractivity contribution >= 4 is 56.7 Å². The van der Waals surface area contributed by atoms with Crippen molar-refractivity contribution in [2.45, 2.75) is 19.3 Å². The molecule has 2 N–H and O–H groups in total. The number of allylic oxidation sites excluding steroid dienone is 1. The molecule has 326 valence electrons. The SMILES string of the molecule is COc1cnc(-n2cnc(C(=O)NCCCN3CCN(CCOCCOCCOCCOCI)CC3)n2)c2[nH]cc(C(=O)C(=O)N3CCC(=C(C#N)c4ccccc4)CC3)c12. The van der Waals surface area contributed by atoms with Gasteiger partial charge in [-0.05, 0) is 36.9 Å². The summed E-state index contributed by atoms with van der Waals surface area (Å²) in [4.78, 5) is 58.3. The Labute approximate surface area is 368 Å². The molecule has 2 fully saturated rings. The van der Waals surface area contributed by atoms with Gasteiger partial charge in [-0.3, -0.25) is 19.3 Å². The number of Topliss-reactive ketones (excluding diaryl/α,β-unsaturated/α-hetero) is 1. The molecule has 6 rings (SSSR count). The van der Waals surface area contributed by atoms with E-state index in [0.29, 0.717) is 106 Å². The summed E-state index contributed by atoms with van der Waals surface area (Å²) in [6.07, 6.45) is 6.03. The highest BCUT2D eigenvalue weighted by Gasteiger charge is 2.30. The van der Waals surface area contributed by atoms with Crippen LogP contribution in [0.2, 0.25) is 0 Å². The van der Waals surface area contributed by atoms with Crippen molar-refractivity contribution in [3.05, 3.63) is 71.6 Å². The molecule has 2 amide bonds. The van der Waals surface area contributed by atoms with Crippen molar-refractivity contribution in [3.63, 3.8) is 0 Å². The predicted octanol–water partition coefficient (Wildman–Crippen LogP) is 3.13. The highest BCUT2D eigenvalue weighted by atomic mass is 127. The number of carbonyl (C=O) groups is 3. The number of hydrogen-bond donors (Lipinski definition) is 2. The molecular weight excluding hydrogens is 899 g/mol. The van der Waals surface area contributed by atoms with Gasteiger partial charge >= 0.3 is 0 Å². The van der Waals surface area contributed by atoms with Crippen LogP contribution in [0.25, 0.3) is 22.3 Å². The number of alkyl halides is 1. The minimum Gasteiger partial charge on any atom is -0.494 e. The van der Waals surface area contributed by atoms with Gasteiger partial charge in [0.05, 0.1) is 92.3 Å². The third-order valence-electron chi connectivity index (χ3n) is 10.6. The molecule has 0 aliphatic carbocycles. The quantitative estimate of drug-likeness (QED) is 0.0274. The number of hydrogen-bond acceptors (Lipinski definition) is 14. The minimum absolute atomic E-state index is 0.0290. The fourth-order valence-electron chi connectivity index (χ4n) is 7.25. The van der Waals surface area contributed by atoms with Gasteiger partial charge < -0.3 is 43.8 Å². The second kappa shape index (κ2) is 24.0. The first-order valence-electron chi connectivity index (χ1n) is 20.5. The highest BCUT2D eigenvalue weighted by molar-refractivity contribution is 14.1. The molecule has 0 atom stereocenters. The molecule has 19 heteroatoms. The van der Waals surface area contributed by atoms with Crippen LogP contribution in [0.3, 0.4) is 0 Å². The summed E-state index contributed by atoms with van der Waals surface area (Å²) in [6, 6.07) is 11.8. The Hall–Kier alpha value is -4.82. The number of fused-ring (bicyclic) bond motifs is 1. The first kappa shape index (κ1) is 45.7. The maximum Gasteiger partial charge on any atom is 0.295 e. The number of benzene rings is 1. The number of piperazine rings is 1. The molecule has 2 aliphatic heterocycles. The number of amides is 2. The van der Waals surface area contributed by atoms with E-state index >= 15 is 0 Å². The largest absolute Gasteiger partial charge is 0.494 e.